The normalized spacial score (nSPS) is 33.8. The lowest BCUT2D eigenvalue weighted by atomic mass is 9.53. The third kappa shape index (κ3) is 3.64. The van der Waals surface area contributed by atoms with Crippen molar-refractivity contribution in [2.75, 3.05) is 14.2 Å². The molecule has 0 amide bonds. The molecule has 4 aliphatic rings. The molecule has 1 aromatic carbocycles. The minimum atomic E-state index is 0.300. The van der Waals surface area contributed by atoms with Crippen LogP contribution in [0.2, 0.25) is 0 Å². The van der Waals surface area contributed by atoms with Crippen molar-refractivity contribution in [3.05, 3.63) is 23.8 Å². The highest BCUT2D eigenvalue weighted by Crippen LogP contribution is 2.54. The van der Waals surface area contributed by atoms with Crippen molar-refractivity contribution in [2.24, 2.45) is 29.2 Å². The highest BCUT2D eigenvalue weighted by atomic mass is 16.5. The zero-order valence-corrected chi connectivity index (χ0v) is 14.4. The molecule has 0 atom stereocenters. The first kappa shape index (κ1) is 16.6. The number of ether oxygens (including phenoxy) is 2. The molecule has 0 heterocycles. The van der Waals surface area contributed by atoms with Gasteiger partial charge in [0.15, 0.2) is 11.5 Å². The summed E-state index contributed by atoms with van der Waals surface area (Å²) in [7, 11) is 3.22. The number of methoxy groups -OCH3 is 2. The molecule has 4 bridgehead atoms. The summed E-state index contributed by atoms with van der Waals surface area (Å²) >= 11 is 0. The van der Waals surface area contributed by atoms with Crippen LogP contribution in [-0.4, -0.2) is 19.8 Å². The van der Waals surface area contributed by atoms with E-state index >= 15 is 0 Å². The maximum atomic E-state index is 6.32. The summed E-state index contributed by atoms with van der Waals surface area (Å²) in [6, 6.07) is 5.64. The molecule has 4 fully saturated rings. The lowest BCUT2D eigenvalue weighted by molar-refractivity contribution is 0.000365. The summed E-state index contributed by atoms with van der Waals surface area (Å²) < 4.78 is 10.2. The lowest BCUT2D eigenvalue weighted by Crippen LogP contribution is -2.55. The Bertz CT molecular complexity index is 509. The fraction of sp³-hybridized carbons (Fsp3) is 0.684. The zero-order chi connectivity index (χ0) is 16.4. The Balaban J connectivity index is 0.000000136. The molecule has 0 unspecified atom stereocenters. The van der Waals surface area contributed by atoms with Crippen LogP contribution in [0, 0.1) is 17.8 Å². The van der Waals surface area contributed by atoms with Crippen molar-refractivity contribution in [2.45, 2.75) is 50.6 Å². The van der Waals surface area contributed by atoms with Gasteiger partial charge in [-0.25, -0.2) is 0 Å². The van der Waals surface area contributed by atoms with Gasteiger partial charge >= 0.3 is 0 Å². The van der Waals surface area contributed by atoms with Crippen molar-refractivity contribution in [3.63, 3.8) is 0 Å². The number of hydrogen-bond acceptors (Lipinski definition) is 4. The summed E-state index contributed by atoms with van der Waals surface area (Å²) in [5.41, 5.74) is 13.1. The Labute approximate surface area is 139 Å². The Morgan fingerprint density at radius 2 is 1.48 bits per heavy atom. The Morgan fingerprint density at radius 1 is 0.957 bits per heavy atom. The van der Waals surface area contributed by atoms with Crippen LogP contribution < -0.4 is 20.9 Å². The molecule has 4 heteroatoms. The quantitative estimate of drug-likeness (QED) is 0.898. The second kappa shape index (κ2) is 6.70. The molecule has 4 N–H and O–H groups in total. The van der Waals surface area contributed by atoms with Crippen molar-refractivity contribution in [1.29, 1.82) is 0 Å². The molecule has 4 saturated carbocycles. The molecule has 0 aromatic heterocycles. The number of benzene rings is 1. The van der Waals surface area contributed by atoms with Gasteiger partial charge in [0.2, 0.25) is 0 Å². The summed E-state index contributed by atoms with van der Waals surface area (Å²) in [6.07, 6.45) is 8.57. The van der Waals surface area contributed by atoms with Crippen LogP contribution >= 0.6 is 0 Å². The third-order valence-electron chi connectivity index (χ3n) is 5.77. The standard InChI is InChI=1S/C10H17N.C9H13NO2/c11-10-4-7-1-8(5-10)3-9(2-7)6-10;1-11-8-4-3-7(6-10)5-9(8)12-2/h7-9H,1-6,11H2;3-5H,6,10H2,1-2H3. The molecule has 4 nitrogen and oxygen atoms in total. The topological polar surface area (TPSA) is 70.5 Å². The van der Waals surface area contributed by atoms with Gasteiger partial charge in [0, 0.05) is 12.1 Å². The fourth-order valence-electron chi connectivity index (χ4n) is 5.19. The average Bonchev–Trinajstić information content (AvgIpc) is 2.52. The Morgan fingerprint density at radius 3 is 1.87 bits per heavy atom. The van der Waals surface area contributed by atoms with Crippen LogP contribution in [0.15, 0.2) is 18.2 Å². The van der Waals surface area contributed by atoms with Crippen LogP contribution in [0.25, 0.3) is 0 Å². The van der Waals surface area contributed by atoms with E-state index in [0.717, 1.165) is 34.8 Å². The first-order valence-corrected chi connectivity index (χ1v) is 8.75. The molecular weight excluding hydrogens is 288 g/mol. The highest BCUT2D eigenvalue weighted by molar-refractivity contribution is 5.42. The average molecular weight is 318 g/mol. The van der Waals surface area contributed by atoms with Gasteiger partial charge in [0.1, 0.15) is 0 Å². The van der Waals surface area contributed by atoms with E-state index in [-0.39, 0.29) is 0 Å². The van der Waals surface area contributed by atoms with Crippen LogP contribution in [0.4, 0.5) is 0 Å². The van der Waals surface area contributed by atoms with E-state index in [2.05, 4.69) is 0 Å². The maximum absolute atomic E-state index is 6.32. The van der Waals surface area contributed by atoms with Crippen LogP contribution in [0.3, 0.4) is 0 Å². The van der Waals surface area contributed by atoms with Crippen molar-refractivity contribution in [3.8, 4) is 11.5 Å². The number of hydrogen-bond donors (Lipinski definition) is 2. The van der Waals surface area contributed by atoms with Gasteiger partial charge in [-0.2, -0.15) is 0 Å². The molecule has 1 aromatic rings. The van der Waals surface area contributed by atoms with E-state index in [1.54, 1.807) is 14.2 Å². The van der Waals surface area contributed by atoms with Crippen molar-refractivity contribution in [1.82, 2.24) is 0 Å². The second-order valence-corrected chi connectivity index (χ2v) is 7.67. The van der Waals surface area contributed by atoms with Gasteiger partial charge < -0.3 is 20.9 Å². The first-order chi connectivity index (χ1) is 11.0. The molecule has 23 heavy (non-hydrogen) atoms. The lowest BCUT2D eigenvalue weighted by Gasteiger charge is -2.55. The van der Waals surface area contributed by atoms with Crippen molar-refractivity contribution >= 4 is 0 Å². The van der Waals surface area contributed by atoms with Gasteiger partial charge in [-0.15, -0.1) is 0 Å². The molecule has 5 rings (SSSR count). The van der Waals surface area contributed by atoms with Gasteiger partial charge in [0.05, 0.1) is 14.2 Å². The first-order valence-electron chi connectivity index (χ1n) is 8.75. The smallest absolute Gasteiger partial charge is 0.161 e. The summed E-state index contributed by atoms with van der Waals surface area (Å²) in [5.74, 6) is 4.51. The molecule has 0 saturated heterocycles. The van der Waals surface area contributed by atoms with Crippen LogP contribution in [0.1, 0.15) is 44.1 Å². The molecular formula is C19H30N2O2. The predicted molar refractivity (Wildman–Crippen MR) is 92.5 cm³/mol. The Hall–Kier alpha value is -1.26. The predicted octanol–water partition coefficient (Wildman–Crippen LogP) is 3.08. The largest absolute Gasteiger partial charge is 0.493 e. The summed E-state index contributed by atoms with van der Waals surface area (Å²) in [4.78, 5) is 0. The zero-order valence-electron chi connectivity index (χ0n) is 14.4. The molecule has 128 valence electrons. The number of nitrogens with two attached hydrogens (primary N) is 2. The van der Waals surface area contributed by atoms with E-state index in [1.807, 2.05) is 18.2 Å². The van der Waals surface area contributed by atoms with E-state index in [0.29, 0.717) is 12.1 Å². The van der Waals surface area contributed by atoms with Gasteiger partial charge in [0.25, 0.3) is 0 Å². The van der Waals surface area contributed by atoms with Gasteiger partial charge in [-0.3, -0.25) is 0 Å². The molecule has 0 spiro atoms. The Kier molecular flexibility index (Phi) is 4.83. The molecule has 0 aliphatic heterocycles. The van der Waals surface area contributed by atoms with Crippen LogP contribution in [-0.2, 0) is 6.54 Å². The molecule has 0 radical (unpaired) electrons. The van der Waals surface area contributed by atoms with E-state index in [1.165, 1.54) is 38.5 Å². The minimum Gasteiger partial charge on any atom is -0.493 e. The summed E-state index contributed by atoms with van der Waals surface area (Å²) in [5, 5.41) is 0. The molecule has 4 aliphatic carbocycles. The SMILES string of the molecule is COc1ccc(CN)cc1OC.NC12CC3CC(CC(C3)C1)C2. The second-order valence-electron chi connectivity index (χ2n) is 7.67. The van der Waals surface area contributed by atoms with Gasteiger partial charge in [-0.1, -0.05) is 6.07 Å². The van der Waals surface area contributed by atoms with E-state index in [9.17, 15) is 0 Å². The fourth-order valence-corrected chi connectivity index (χ4v) is 5.19. The van der Waals surface area contributed by atoms with E-state index < -0.39 is 0 Å². The summed E-state index contributed by atoms with van der Waals surface area (Å²) in [6.45, 7) is 0.514. The maximum Gasteiger partial charge on any atom is 0.161 e. The number of rotatable bonds is 3. The minimum absolute atomic E-state index is 0.300. The third-order valence-corrected chi connectivity index (χ3v) is 5.77. The van der Waals surface area contributed by atoms with Crippen molar-refractivity contribution < 1.29 is 9.47 Å². The van der Waals surface area contributed by atoms with E-state index in [4.69, 9.17) is 20.9 Å². The monoisotopic (exact) mass is 318 g/mol. The van der Waals surface area contributed by atoms with Crippen LogP contribution in [0.5, 0.6) is 11.5 Å². The highest BCUT2D eigenvalue weighted by Gasteiger charge is 2.48. The van der Waals surface area contributed by atoms with Gasteiger partial charge in [-0.05, 0) is 74.0 Å².